The van der Waals surface area contributed by atoms with Crippen LogP contribution < -0.4 is 0 Å². The van der Waals surface area contributed by atoms with Crippen LogP contribution in [0.3, 0.4) is 0 Å². The summed E-state index contributed by atoms with van der Waals surface area (Å²) in [5.41, 5.74) is 5.07. The number of benzene rings is 2. The molecule has 0 aliphatic rings. The van der Waals surface area contributed by atoms with E-state index in [-0.39, 0.29) is 5.97 Å². The summed E-state index contributed by atoms with van der Waals surface area (Å²) in [7, 11) is 0. The van der Waals surface area contributed by atoms with E-state index >= 15 is 0 Å². The van der Waals surface area contributed by atoms with Crippen LogP contribution in [0.15, 0.2) is 77.8 Å². The fourth-order valence-corrected chi connectivity index (χ4v) is 3.71. The zero-order valence-corrected chi connectivity index (χ0v) is 16.6. The average molecular weight is 388 g/mol. The first-order valence-corrected chi connectivity index (χ1v) is 10.3. The lowest BCUT2D eigenvalue weighted by atomic mass is 9.98. The van der Waals surface area contributed by atoms with E-state index in [4.69, 9.17) is 9.84 Å². The fraction of sp³-hybridized carbons (Fsp3) is 0.130. The predicted octanol–water partition coefficient (Wildman–Crippen LogP) is 5.57. The Bertz CT molecular complexity index is 1120. The van der Waals surface area contributed by atoms with Gasteiger partial charge in [-0.15, -0.1) is 11.8 Å². The van der Waals surface area contributed by atoms with Crippen molar-refractivity contribution in [2.24, 2.45) is 0 Å². The normalized spacial score (nSPS) is 10.9. The van der Waals surface area contributed by atoms with Crippen LogP contribution >= 0.6 is 11.8 Å². The SMILES string of the molecule is CCOC(=O)c1cccn2nc(-c3ccccc3)c(-c3ccc(SC)cc3)c12. The Labute approximate surface area is 168 Å². The molecule has 2 aromatic heterocycles. The summed E-state index contributed by atoms with van der Waals surface area (Å²) in [6.07, 6.45) is 3.92. The summed E-state index contributed by atoms with van der Waals surface area (Å²) >= 11 is 1.70. The van der Waals surface area contributed by atoms with Gasteiger partial charge in [0, 0.05) is 22.2 Å². The van der Waals surface area contributed by atoms with Crippen LogP contribution in [0.4, 0.5) is 0 Å². The molecular formula is C23H20N2O2S. The van der Waals surface area contributed by atoms with Gasteiger partial charge in [0.25, 0.3) is 0 Å². The Hall–Kier alpha value is -3.05. The maximum absolute atomic E-state index is 12.6. The first kappa shape index (κ1) is 18.3. The van der Waals surface area contributed by atoms with E-state index in [9.17, 15) is 4.79 Å². The first-order chi connectivity index (χ1) is 13.7. The highest BCUT2D eigenvalue weighted by Crippen LogP contribution is 2.37. The number of rotatable bonds is 5. The minimum atomic E-state index is -0.338. The van der Waals surface area contributed by atoms with Crippen molar-refractivity contribution in [2.75, 3.05) is 12.9 Å². The molecule has 4 aromatic rings. The number of carbonyl (C=O) groups excluding carboxylic acids is 1. The van der Waals surface area contributed by atoms with Gasteiger partial charge >= 0.3 is 5.97 Å². The van der Waals surface area contributed by atoms with Gasteiger partial charge in [-0.05, 0) is 43.0 Å². The number of pyridine rings is 1. The maximum Gasteiger partial charge on any atom is 0.340 e. The second-order valence-corrected chi connectivity index (χ2v) is 7.13. The highest BCUT2D eigenvalue weighted by molar-refractivity contribution is 7.98. The zero-order valence-electron chi connectivity index (χ0n) is 15.8. The van der Waals surface area contributed by atoms with E-state index in [0.717, 1.165) is 27.9 Å². The minimum Gasteiger partial charge on any atom is -0.462 e. The molecule has 2 aromatic carbocycles. The molecule has 2 heterocycles. The van der Waals surface area contributed by atoms with Gasteiger partial charge in [0.15, 0.2) is 0 Å². The highest BCUT2D eigenvalue weighted by atomic mass is 32.2. The minimum absolute atomic E-state index is 0.331. The molecule has 0 atom stereocenters. The number of ether oxygens (including phenoxy) is 1. The Morgan fingerprint density at radius 2 is 1.75 bits per heavy atom. The van der Waals surface area contributed by atoms with Gasteiger partial charge in [0.05, 0.1) is 17.7 Å². The topological polar surface area (TPSA) is 43.6 Å². The third-order valence-corrected chi connectivity index (χ3v) is 5.32. The van der Waals surface area contributed by atoms with E-state index in [0.29, 0.717) is 12.2 Å². The van der Waals surface area contributed by atoms with E-state index < -0.39 is 0 Å². The van der Waals surface area contributed by atoms with Gasteiger partial charge in [0.1, 0.15) is 5.69 Å². The van der Waals surface area contributed by atoms with E-state index in [1.165, 1.54) is 4.90 Å². The standard InChI is InChI=1S/C23H20N2O2S/c1-3-27-23(26)19-10-7-15-25-22(19)20(16-11-13-18(28-2)14-12-16)21(24-25)17-8-5-4-6-9-17/h4-15H,3H2,1-2H3. The van der Waals surface area contributed by atoms with Crippen molar-refractivity contribution >= 4 is 23.2 Å². The van der Waals surface area contributed by atoms with Crippen LogP contribution in [-0.4, -0.2) is 28.4 Å². The van der Waals surface area contributed by atoms with E-state index in [1.807, 2.05) is 49.5 Å². The van der Waals surface area contributed by atoms with Crippen LogP contribution in [0.25, 0.3) is 27.9 Å². The van der Waals surface area contributed by atoms with Crippen molar-refractivity contribution in [3.05, 3.63) is 78.5 Å². The third-order valence-electron chi connectivity index (χ3n) is 4.58. The quantitative estimate of drug-likeness (QED) is 0.331. The highest BCUT2D eigenvalue weighted by Gasteiger charge is 2.22. The Kier molecular flexibility index (Phi) is 5.17. The van der Waals surface area contributed by atoms with Gasteiger partial charge in [-0.3, -0.25) is 0 Å². The smallest absolute Gasteiger partial charge is 0.340 e. The van der Waals surface area contributed by atoms with Crippen LogP contribution in [-0.2, 0) is 4.74 Å². The van der Waals surface area contributed by atoms with Crippen molar-refractivity contribution in [3.8, 4) is 22.4 Å². The molecule has 0 saturated heterocycles. The van der Waals surface area contributed by atoms with Crippen LogP contribution in [0.2, 0.25) is 0 Å². The number of esters is 1. The molecule has 0 spiro atoms. The van der Waals surface area contributed by atoms with Crippen LogP contribution in [0, 0.1) is 0 Å². The lowest BCUT2D eigenvalue weighted by Gasteiger charge is -2.08. The van der Waals surface area contributed by atoms with Crippen molar-refractivity contribution in [3.63, 3.8) is 0 Å². The van der Waals surface area contributed by atoms with Crippen molar-refractivity contribution < 1.29 is 9.53 Å². The largest absolute Gasteiger partial charge is 0.462 e. The summed E-state index contributed by atoms with van der Waals surface area (Å²) in [6, 6.07) is 22.0. The van der Waals surface area contributed by atoms with Gasteiger partial charge in [-0.2, -0.15) is 5.10 Å². The van der Waals surface area contributed by atoms with Crippen molar-refractivity contribution in [1.82, 2.24) is 9.61 Å². The molecule has 0 fully saturated rings. The van der Waals surface area contributed by atoms with Crippen LogP contribution in [0.5, 0.6) is 0 Å². The molecule has 0 saturated carbocycles. The van der Waals surface area contributed by atoms with Crippen molar-refractivity contribution in [2.45, 2.75) is 11.8 Å². The Morgan fingerprint density at radius 3 is 2.43 bits per heavy atom. The first-order valence-electron chi connectivity index (χ1n) is 9.11. The summed E-state index contributed by atoms with van der Waals surface area (Å²) in [5, 5.41) is 4.81. The summed E-state index contributed by atoms with van der Waals surface area (Å²) < 4.78 is 7.07. The second-order valence-electron chi connectivity index (χ2n) is 6.25. The monoisotopic (exact) mass is 388 g/mol. The molecule has 4 nitrogen and oxygen atoms in total. The molecular weight excluding hydrogens is 368 g/mol. The maximum atomic E-state index is 12.6. The number of aromatic nitrogens is 2. The Balaban J connectivity index is 2.03. The van der Waals surface area contributed by atoms with Crippen molar-refractivity contribution in [1.29, 1.82) is 0 Å². The third kappa shape index (κ3) is 3.29. The molecule has 0 bridgehead atoms. The summed E-state index contributed by atoms with van der Waals surface area (Å²) in [6.45, 7) is 2.14. The molecule has 0 aliphatic carbocycles. The molecule has 28 heavy (non-hydrogen) atoms. The molecule has 140 valence electrons. The predicted molar refractivity (Wildman–Crippen MR) is 114 cm³/mol. The van der Waals surface area contributed by atoms with Gasteiger partial charge in [0.2, 0.25) is 0 Å². The number of fused-ring (bicyclic) bond motifs is 1. The number of carbonyl (C=O) groups is 1. The molecule has 4 rings (SSSR count). The molecule has 0 aliphatic heterocycles. The molecule has 0 radical (unpaired) electrons. The number of hydrogen-bond donors (Lipinski definition) is 0. The summed E-state index contributed by atoms with van der Waals surface area (Å²) in [5.74, 6) is -0.338. The van der Waals surface area contributed by atoms with E-state index in [2.05, 4.69) is 30.5 Å². The zero-order chi connectivity index (χ0) is 19.5. The number of thioether (sulfide) groups is 1. The van der Waals surface area contributed by atoms with E-state index in [1.54, 1.807) is 22.3 Å². The van der Waals surface area contributed by atoms with Crippen LogP contribution in [0.1, 0.15) is 17.3 Å². The molecule has 0 amide bonds. The Morgan fingerprint density at radius 1 is 1.00 bits per heavy atom. The molecule has 5 heteroatoms. The average Bonchev–Trinajstić information content (AvgIpc) is 3.14. The van der Waals surface area contributed by atoms with Gasteiger partial charge in [-0.1, -0.05) is 42.5 Å². The summed E-state index contributed by atoms with van der Waals surface area (Å²) in [4.78, 5) is 13.8. The second kappa shape index (κ2) is 7.90. The number of hydrogen-bond acceptors (Lipinski definition) is 4. The lowest BCUT2D eigenvalue weighted by molar-refractivity contribution is 0.0528. The van der Waals surface area contributed by atoms with Gasteiger partial charge in [-0.25, -0.2) is 9.31 Å². The fourth-order valence-electron chi connectivity index (χ4n) is 3.30. The number of nitrogens with zero attached hydrogens (tertiary/aromatic N) is 2. The van der Waals surface area contributed by atoms with Gasteiger partial charge < -0.3 is 4.74 Å². The molecule has 0 unspecified atom stereocenters. The lowest BCUT2D eigenvalue weighted by Crippen LogP contribution is -2.07. The molecule has 0 N–H and O–H groups in total.